The molecule has 1 fully saturated rings. The number of nitrogens with zero attached hydrogens (tertiary/aromatic N) is 5. The average molecular weight is 569 g/mol. The molecule has 3 N–H and O–H groups in total. The number of amides is 2. The van der Waals surface area contributed by atoms with Gasteiger partial charge in [-0.3, -0.25) is 19.6 Å². The van der Waals surface area contributed by atoms with Gasteiger partial charge in [-0.05, 0) is 43.9 Å². The first-order valence-electron chi connectivity index (χ1n) is 13.0. The number of anilines is 1. The predicted molar refractivity (Wildman–Crippen MR) is 155 cm³/mol. The van der Waals surface area contributed by atoms with Crippen LogP contribution in [0.3, 0.4) is 0 Å². The Kier molecular flexibility index (Phi) is 10.3. The van der Waals surface area contributed by atoms with Crippen molar-refractivity contribution in [2.75, 3.05) is 37.8 Å². The number of rotatable bonds is 8. The highest BCUT2D eigenvalue weighted by atomic mass is 32.2. The molecule has 2 aromatic carbocycles. The van der Waals surface area contributed by atoms with Crippen LogP contribution < -0.4 is 15.4 Å². The maximum atomic E-state index is 12.9. The van der Waals surface area contributed by atoms with Crippen LogP contribution in [-0.2, 0) is 7.05 Å². The molecule has 12 heteroatoms. The van der Waals surface area contributed by atoms with Crippen LogP contribution >= 0.6 is 11.9 Å². The second-order valence-electron chi connectivity index (χ2n) is 9.37. The van der Waals surface area contributed by atoms with E-state index in [0.29, 0.717) is 5.82 Å². The van der Waals surface area contributed by atoms with E-state index in [1.807, 2.05) is 56.8 Å². The number of benzene rings is 2. The molecule has 4 aromatic rings. The molecule has 212 valence electrons. The van der Waals surface area contributed by atoms with Crippen LogP contribution in [0.4, 0.5) is 19.4 Å². The van der Waals surface area contributed by atoms with E-state index in [2.05, 4.69) is 25.4 Å². The van der Waals surface area contributed by atoms with E-state index >= 15 is 0 Å². The molecule has 1 atom stereocenters. The van der Waals surface area contributed by atoms with E-state index in [0.717, 1.165) is 67.2 Å². The van der Waals surface area contributed by atoms with Crippen molar-refractivity contribution in [2.45, 2.75) is 19.4 Å². The van der Waals surface area contributed by atoms with Gasteiger partial charge < -0.3 is 5.32 Å². The van der Waals surface area contributed by atoms with Crippen LogP contribution in [-0.4, -0.2) is 69.0 Å². The van der Waals surface area contributed by atoms with Crippen LogP contribution in [0.15, 0.2) is 67.0 Å². The second-order valence-corrected chi connectivity index (χ2v) is 10.1. The summed E-state index contributed by atoms with van der Waals surface area (Å²) >= 11 is 1.63. The first kappa shape index (κ1) is 29.2. The molecule has 1 aliphatic heterocycles. The van der Waals surface area contributed by atoms with E-state index in [-0.39, 0.29) is 12.1 Å². The highest BCUT2D eigenvalue weighted by Gasteiger charge is 2.25. The van der Waals surface area contributed by atoms with Crippen LogP contribution in [0.5, 0.6) is 0 Å². The number of likely N-dealkylation sites (tertiary alicyclic amines) is 1. The Morgan fingerprint density at radius 3 is 2.42 bits per heavy atom. The van der Waals surface area contributed by atoms with Gasteiger partial charge in [-0.15, -0.1) is 0 Å². The lowest BCUT2D eigenvalue weighted by molar-refractivity contribution is 0.247. The number of nitrogens with one attached hydrogen (secondary N) is 3. The van der Waals surface area contributed by atoms with Crippen molar-refractivity contribution in [3.05, 3.63) is 84.2 Å². The normalized spacial score (nSPS) is 15.0. The molecule has 0 bridgehead atoms. The third-order valence-corrected chi connectivity index (χ3v) is 6.93. The molecule has 40 heavy (non-hydrogen) atoms. The summed E-state index contributed by atoms with van der Waals surface area (Å²) in [4.78, 5) is 15.3. The minimum absolute atomic E-state index is 0.135. The van der Waals surface area contributed by atoms with Gasteiger partial charge in [0.25, 0.3) is 0 Å². The fourth-order valence-electron chi connectivity index (χ4n) is 4.44. The predicted octanol–water partition coefficient (Wildman–Crippen LogP) is 4.61. The molecule has 0 radical (unpaired) electrons. The zero-order valence-corrected chi connectivity index (χ0v) is 23.6. The number of carbonyl (C=O) groups is 1. The Hall–Kier alpha value is -3.74. The van der Waals surface area contributed by atoms with E-state index in [4.69, 9.17) is 5.10 Å². The molecule has 2 amide bonds. The number of carbonyl (C=O) groups excluding carboxylic acids is 1. The molecular weight excluding hydrogens is 534 g/mol. The summed E-state index contributed by atoms with van der Waals surface area (Å²) in [6.45, 7) is 5.75. The van der Waals surface area contributed by atoms with Gasteiger partial charge in [0, 0.05) is 56.6 Å². The molecular formula is C28H34F2N8OS. The number of para-hydroxylation sites is 1. The van der Waals surface area contributed by atoms with Crippen LogP contribution in [0.1, 0.15) is 12.0 Å². The summed E-state index contributed by atoms with van der Waals surface area (Å²) in [6.07, 6.45) is 6.69. The minimum Gasteiger partial charge on any atom is -0.334 e. The molecule has 0 unspecified atom stereocenters. The summed E-state index contributed by atoms with van der Waals surface area (Å²) < 4.78 is 30.7. The number of aromatic nitrogens is 4. The number of hydrogen-bond donors (Lipinski definition) is 3. The zero-order chi connectivity index (χ0) is 28.5. The molecule has 0 spiro atoms. The van der Waals surface area contributed by atoms with Gasteiger partial charge in [0.1, 0.15) is 11.5 Å². The molecule has 0 saturated carbocycles. The second kappa shape index (κ2) is 14.1. The van der Waals surface area contributed by atoms with Crippen molar-refractivity contribution in [3.63, 3.8) is 0 Å². The molecule has 0 aliphatic carbocycles. The Labute approximate surface area is 237 Å². The summed E-state index contributed by atoms with van der Waals surface area (Å²) in [7, 11) is 1.88. The van der Waals surface area contributed by atoms with Gasteiger partial charge >= 0.3 is 6.03 Å². The van der Waals surface area contributed by atoms with Crippen molar-refractivity contribution in [2.24, 2.45) is 7.05 Å². The Balaban J connectivity index is 0.000000398. The SMILES string of the molecule is CSNCCN1CC[C@H](NC(=O)Nc2c(C)c(-c3cnn(C)c3)nn2-c2ccccc2)C1.Fc1ccccc1F. The van der Waals surface area contributed by atoms with E-state index in [9.17, 15) is 13.6 Å². The van der Waals surface area contributed by atoms with Gasteiger partial charge in [-0.2, -0.15) is 10.2 Å². The minimum atomic E-state index is -0.799. The van der Waals surface area contributed by atoms with Crippen LogP contribution in [0.25, 0.3) is 16.9 Å². The van der Waals surface area contributed by atoms with Gasteiger partial charge in [0.15, 0.2) is 11.6 Å². The van der Waals surface area contributed by atoms with Crippen molar-refractivity contribution in [3.8, 4) is 16.9 Å². The zero-order valence-electron chi connectivity index (χ0n) is 22.8. The molecule has 1 aliphatic rings. The maximum Gasteiger partial charge on any atom is 0.320 e. The molecule has 1 saturated heterocycles. The van der Waals surface area contributed by atoms with E-state index in [1.54, 1.807) is 27.5 Å². The highest BCUT2D eigenvalue weighted by molar-refractivity contribution is 7.96. The van der Waals surface area contributed by atoms with Crippen molar-refractivity contribution >= 4 is 23.8 Å². The largest absolute Gasteiger partial charge is 0.334 e. The lowest BCUT2D eigenvalue weighted by Gasteiger charge is -2.17. The Morgan fingerprint density at radius 1 is 1.10 bits per heavy atom. The summed E-state index contributed by atoms with van der Waals surface area (Å²) in [5.74, 6) is -0.938. The summed E-state index contributed by atoms with van der Waals surface area (Å²) in [6, 6.07) is 14.8. The number of hydrogen-bond acceptors (Lipinski definition) is 6. The third-order valence-electron chi connectivity index (χ3n) is 6.44. The number of halogens is 2. The summed E-state index contributed by atoms with van der Waals surface area (Å²) in [5.41, 5.74) is 3.49. The Morgan fingerprint density at radius 2 is 1.80 bits per heavy atom. The topological polar surface area (TPSA) is 92.0 Å². The standard InChI is InChI=1S/C22H30N8OS.C6H4F2/c1-16-20(17-13-23-28(2)14-17)27-30(19-7-5-4-6-8-19)21(16)26-22(31)25-18-9-11-29(15-18)12-10-24-32-3;7-5-3-1-2-4-6(5)8/h4-8,13-14,18,24H,9-12,15H2,1-3H3,(H2,25,26,31);1-4H/t18-;/m0./s1. The average Bonchev–Trinajstić information content (AvgIpc) is 3.66. The first-order chi connectivity index (χ1) is 19.4. The van der Waals surface area contributed by atoms with Crippen molar-refractivity contribution < 1.29 is 13.6 Å². The van der Waals surface area contributed by atoms with Crippen molar-refractivity contribution in [1.29, 1.82) is 0 Å². The van der Waals surface area contributed by atoms with Gasteiger partial charge in [-0.1, -0.05) is 42.3 Å². The third kappa shape index (κ3) is 7.68. The van der Waals surface area contributed by atoms with Crippen LogP contribution in [0.2, 0.25) is 0 Å². The monoisotopic (exact) mass is 568 g/mol. The molecule has 2 aromatic heterocycles. The number of urea groups is 1. The maximum absolute atomic E-state index is 12.9. The molecule has 3 heterocycles. The molecule has 9 nitrogen and oxygen atoms in total. The van der Waals surface area contributed by atoms with Gasteiger partial charge in [0.05, 0.1) is 11.9 Å². The van der Waals surface area contributed by atoms with E-state index in [1.165, 1.54) is 12.1 Å². The lowest BCUT2D eigenvalue weighted by atomic mass is 10.1. The summed E-state index contributed by atoms with van der Waals surface area (Å²) in [5, 5.41) is 15.3. The quantitative estimate of drug-likeness (QED) is 0.213. The smallest absolute Gasteiger partial charge is 0.320 e. The first-order valence-corrected chi connectivity index (χ1v) is 14.2. The fraction of sp³-hybridized carbons (Fsp3) is 0.321. The lowest BCUT2D eigenvalue weighted by Crippen LogP contribution is -2.40. The highest BCUT2D eigenvalue weighted by Crippen LogP contribution is 2.30. The number of aryl methyl sites for hydroxylation is 1. The molecule has 5 rings (SSSR count). The van der Waals surface area contributed by atoms with Crippen LogP contribution in [0, 0.1) is 18.6 Å². The fourth-order valence-corrected chi connectivity index (χ4v) is 4.74. The Bertz CT molecular complexity index is 1370. The van der Waals surface area contributed by atoms with Gasteiger partial charge in [-0.25, -0.2) is 18.3 Å². The van der Waals surface area contributed by atoms with Crippen molar-refractivity contribution in [1.82, 2.24) is 34.5 Å². The van der Waals surface area contributed by atoms with Gasteiger partial charge in [0.2, 0.25) is 0 Å². The van der Waals surface area contributed by atoms with E-state index < -0.39 is 11.6 Å².